The van der Waals surface area contributed by atoms with Gasteiger partial charge >= 0.3 is 0 Å². The first-order chi connectivity index (χ1) is 9.15. The number of hydrogen-bond donors (Lipinski definition) is 1. The second kappa shape index (κ2) is 6.87. The van der Waals surface area contributed by atoms with Gasteiger partial charge in [-0.3, -0.25) is 0 Å². The number of rotatable bonds is 5. The van der Waals surface area contributed by atoms with Crippen LogP contribution < -0.4 is 4.74 Å². The van der Waals surface area contributed by atoms with E-state index in [1.165, 1.54) is 18.9 Å². The van der Waals surface area contributed by atoms with Gasteiger partial charge in [-0.05, 0) is 44.0 Å². The Morgan fingerprint density at radius 3 is 2.74 bits per heavy atom. The number of aliphatic hydroxyl groups excluding tert-OH is 1. The molecular weight excluding hydrogens is 245 g/mol. The fourth-order valence-electron chi connectivity index (χ4n) is 2.34. The maximum atomic E-state index is 13.3. The molecule has 0 aliphatic carbocycles. The summed E-state index contributed by atoms with van der Waals surface area (Å²) in [5.74, 6) is 0.596. The summed E-state index contributed by atoms with van der Waals surface area (Å²) in [7, 11) is 0. The Labute approximate surface area is 114 Å². The van der Waals surface area contributed by atoms with Crippen LogP contribution in [0.25, 0.3) is 0 Å². The molecule has 0 amide bonds. The highest BCUT2D eigenvalue weighted by atomic mass is 19.1. The van der Waals surface area contributed by atoms with Crippen LogP contribution in [0, 0.1) is 11.7 Å². The molecule has 0 spiro atoms. The molecule has 0 radical (unpaired) electrons. The SMILES string of the molecule is CC1CCN(C[C@H](O)COc2ccccc2F)CC1. The van der Waals surface area contributed by atoms with Crippen LogP contribution in [0.5, 0.6) is 5.75 Å². The molecule has 0 saturated carbocycles. The average Bonchev–Trinajstić information content (AvgIpc) is 2.40. The molecule has 0 aromatic heterocycles. The molecule has 1 aliphatic rings. The number of halogens is 1. The Hall–Kier alpha value is -1.13. The van der Waals surface area contributed by atoms with E-state index in [-0.39, 0.29) is 18.2 Å². The van der Waals surface area contributed by atoms with Gasteiger partial charge in [0.1, 0.15) is 12.7 Å². The van der Waals surface area contributed by atoms with Crippen molar-refractivity contribution in [1.82, 2.24) is 4.90 Å². The number of ether oxygens (including phenoxy) is 1. The lowest BCUT2D eigenvalue weighted by Crippen LogP contribution is -2.40. The summed E-state index contributed by atoms with van der Waals surface area (Å²) >= 11 is 0. The Kier molecular flexibility index (Phi) is 5.16. The van der Waals surface area contributed by atoms with Crippen molar-refractivity contribution < 1.29 is 14.2 Å². The van der Waals surface area contributed by atoms with Crippen molar-refractivity contribution in [2.24, 2.45) is 5.92 Å². The standard InChI is InChI=1S/C15H22FNO2/c1-12-6-8-17(9-7-12)10-13(18)11-19-15-5-3-2-4-14(15)16/h2-5,12-13,18H,6-11H2,1H3/t13-/m0/s1. The lowest BCUT2D eigenvalue weighted by atomic mass is 9.99. The summed E-state index contributed by atoms with van der Waals surface area (Å²) < 4.78 is 18.6. The van der Waals surface area contributed by atoms with Crippen molar-refractivity contribution in [3.05, 3.63) is 30.1 Å². The van der Waals surface area contributed by atoms with E-state index in [0.29, 0.717) is 6.54 Å². The zero-order valence-corrected chi connectivity index (χ0v) is 11.4. The van der Waals surface area contributed by atoms with Gasteiger partial charge in [-0.2, -0.15) is 0 Å². The largest absolute Gasteiger partial charge is 0.488 e. The minimum Gasteiger partial charge on any atom is -0.488 e. The van der Waals surface area contributed by atoms with E-state index >= 15 is 0 Å². The fourth-order valence-corrected chi connectivity index (χ4v) is 2.34. The first kappa shape index (κ1) is 14.3. The molecular formula is C15H22FNO2. The van der Waals surface area contributed by atoms with Gasteiger partial charge in [0.2, 0.25) is 0 Å². The van der Waals surface area contributed by atoms with Gasteiger partial charge in [-0.25, -0.2) is 4.39 Å². The van der Waals surface area contributed by atoms with E-state index in [2.05, 4.69) is 11.8 Å². The zero-order valence-electron chi connectivity index (χ0n) is 11.4. The highest BCUT2D eigenvalue weighted by molar-refractivity contribution is 5.23. The molecule has 1 fully saturated rings. The minimum atomic E-state index is -0.576. The zero-order chi connectivity index (χ0) is 13.7. The molecule has 1 aromatic rings. The van der Waals surface area contributed by atoms with Crippen molar-refractivity contribution in [3.63, 3.8) is 0 Å². The van der Waals surface area contributed by atoms with E-state index in [4.69, 9.17) is 4.74 Å². The molecule has 1 heterocycles. The second-order valence-corrected chi connectivity index (χ2v) is 5.38. The summed E-state index contributed by atoms with van der Waals surface area (Å²) in [6.07, 6.45) is 1.79. The predicted octanol–water partition coefficient (Wildman–Crippen LogP) is 2.30. The van der Waals surface area contributed by atoms with E-state index in [9.17, 15) is 9.50 Å². The van der Waals surface area contributed by atoms with Crippen LogP contribution in [0.2, 0.25) is 0 Å². The maximum absolute atomic E-state index is 13.3. The summed E-state index contributed by atoms with van der Waals surface area (Å²) in [4.78, 5) is 2.25. The monoisotopic (exact) mass is 267 g/mol. The van der Waals surface area contributed by atoms with Gasteiger partial charge in [0.05, 0.1) is 0 Å². The van der Waals surface area contributed by atoms with Crippen LogP contribution in [-0.2, 0) is 0 Å². The topological polar surface area (TPSA) is 32.7 Å². The van der Waals surface area contributed by atoms with Gasteiger partial charge in [0, 0.05) is 6.54 Å². The summed E-state index contributed by atoms with van der Waals surface area (Å²) in [5, 5.41) is 9.93. The molecule has 1 atom stereocenters. The van der Waals surface area contributed by atoms with Crippen LogP contribution in [0.1, 0.15) is 19.8 Å². The first-order valence-electron chi connectivity index (χ1n) is 6.93. The molecule has 4 heteroatoms. The molecule has 19 heavy (non-hydrogen) atoms. The number of nitrogens with zero attached hydrogens (tertiary/aromatic N) is 1. The first-order valence-corrected chi connectivity index (χ1v) is 6.93. The predicted molar refractivity (Wildman–Crippen MR) is 72.7 cm³/mol. The Morgan fingerprint density at radius 1 is 1.37 bits per heavy atom. The molecule has 0 bridgehead atoms. The van der Waals surface area contributed by atoms with Gasteiger partial charge in [-0.1, -0.05) is 19.1 Å². The maximum Gasteiger partial charge on any atom is 0.165 e. The number of aliphatic hydroxyl groups is 1. The van der Waals surface area contributed by atoms with Crippen molar-refractivity contribution in [2.45, 2.75) is 25.9 Å². The normalized spacial score (nSPS) is 19.3. The van der Waals surface area contributed by atoms with Gasteiger partial charge in [0.25, 0.3) is 0 Å². The average molecular weight is 267 g/mol. The molecule has 1 aromatic carbocycles. The number of benzene rings is 1. The van der Waals surface area contributed by atoms with E-state index in [0.717, 1.165) is 19.0 Å². The van der Waals surface area contributed by atoms with Crippen LogP contribution in [-0.4, -0.2) is 42.4 Å². The molecule has 2 rings (SSSR count). The van der Waals surface area contributed by atoms with Crippen molar-refractivity contribution >= 4 is 0 Å². The van der Waals surface area contributed by atoms with E-state index < -0.39 is 6.10 Å². The molecule has 0 unspecified atom stereocenters. The van der Waals surface area contributed by atoms with E-state index in [1.54, 1.807) is 18.2 Å². The third-order valence-electron chi connectivity index (χ3n) is 3.61. The van der Waals surface area contributed by atoms with Crippen LogP contribution in [0.4, 0.5) is 4.39 Å². The Balaban J connectivity index is 1.73. The molecule has 1 aliphatic heterocycles. The molecule has 1 saturated heterocycles. The molecule has 1 N–H and O–H groups in total. The number of piperidine rings is 1. The number of para-hydroxylation sites is 1. The number of likely N-dealkylation sites (tertiary alicyclic amines) is 1. The fraction of sp³-hybridized carbons (Fsp3) is 0.600. The van der Waals surface area contributed by atoms with Gasteiger partial charge in [-0.15, -0.1) is 0 Å². The molecule has 3 nitrogen and oxygen atoms in total. The summed E-state index contributed by atoms with van der Waals surface area (Å²) in [6.45, 7) is 5.04. The van der Waals surface area contributed by atoms with Crippen LogP contribution in [0.15, 0.2) is 24.3 Å². The van der Waals surface area contributed by atoms with Crippen LogP contribution in [0.3, 0.4) is 0 Å². The Morgan fingerprint density at radius 2 is 2.05 bits per heavy atom. The lowest BCUT2D eigenvalue weighted by molar-refractivity contribution is 0.0551. The smallest absolute Gasteiger partial charge is 0.165 e. The third-order valence-corrected chi connectivity index (χ3v) is 3.61. The Bertz CT molecular complexity index is 391. The van der Waals surface area contributed by atoms with Gasteiger partial charge < -0.3 is 14.7 Å². The van der Waals surface area contributed by atoms with E-state index in [1.807, 2.05) is 0 Å². The lowest BCUT2D eigenvalue weighted by Gasteiger charge is -2.31. The van der Waals surface area contributed by atoms with Crippen LogP contribution >= 0.6 is 0 Å². The second-order valence-electron chi connectivity index (χ2n) is 5.38. The number of β-amino-alcohol motifs (C(OH)–C–C–N with tert-alkyl or cyclic N) is 1. The number of hydrogen-bond acceptors (Lipinski definition) is 3. The third kappa shape index (κ3) is 4.48. The van der Waals surface area contributed by atoms with Gasteiger partial charge in [0.15, 0.2) is 11.6 Å². The highest BCUT2D eigenvalue weighted by Crippen LogP contribution is 2.17. The highest BCUT2D eigenvalue weighted by Gasteiger charge is 2.18. The summed E-state index contributed by atoms with van der Waals surface area (Å²) in [6, 6.07) is 6.27. The summed E-state index contributed by atoms with van der Waals surface area (Å²) in [5.41, 5.74) is 0. The quantitative estimate of drug-likeness (QED) is 0.888. The van der Waals surface area contributed by atoms with Crippen molar-refractivity contribution in [3.8, 4) is 5.75 Å². The van der Waals surface area contributed by atoms with Crippen molar-refractivity contribution in [2.75, 3.05) is 26.2 Å². The minimum absolute atomic E-state index is 0.132. The van der Waals surface area contributed by atoms with Crippen molar-refractivity contribution in [1.29, 1.82) is 0 Å². The molecule has 106 valence electrons.